The van der Waals surface area contributed by atoms with Gasteiger partial charge in [-0.3, -0.25) is 9.89 Å². The zero-order chi connectivity index (χ0) is 11.5. The molecule has 0 aromatic carbocycles. The smallest absolute Gasteiger partial charge is 0.269 e. The highest BCUT2D eigenvalue weighted by atomic mass is 16.1. The number of amides is 1. The number of nitrogens with one attached hydrogen (secondary N) is 2. The van der Waals surface area contributed by atoms with Crippen molar-refractivity contribution in [2.24, 2.45) is 0 Å². The number of aromatic nitrogens is 4. The number of hydrogen-bond acceptors (Lipinski definition) is 4. The summed E-state index contributed by atoms with van der Waals surface area (Å²) in [5.41, 5.74) is 2.69. The van der Waals surface area contributed by atoms with Crippen LogP contribution in [0.15, 0.2) is 18.7 Å². The van der Waals surface area contributed by atoms with Crippen LogP contribution in [0.2, 0.25) is 0 Å². The van der Waals surface area contributed by atoms with Gasteiger partial charge < -0.3 is 5.32 Å². The molecule has 6 nitrogen and oxygen atoms in total. The molecule has 1 amide bonds. The van der Waals surface area contributed by atoms with Crippen LogP contribution < -0.4 is 5.32 Å². The highest BCUT2D eigenvalue weighted by molar-refractivity contribution is 5.98. The van der Waals surface area contributed by atoms with E-state index in [0.717, 1.165) is 5.56 Å². The number of carbonyl (C=O) groups excluding carboxylic acids is 1. The summed E-state index contributed by atoms with van der Waals surface area (Å²) in [5.74, 6) is -0.217. The Morgan fingerprint density at radius 1 is 1.44 bits per heavy atom. The Kier molecular flexibility index (Phi) is 2.63. The zero-order valence-corrected chi connectivity index (χ0v) is 8.98. The summed E-state index contributed by atoms with van der Waals surface area (Å²) < 4.78 is 0. The number of aromatic amines is 1. The summed E-state index contributed by atoms with van der Waals surface area (Å²) in [4.78, 5) is 19.6. The fourth-order valence-corrected chi connectivity index (χ4v) is 1.44. The molecule has 6 heteroatoms. The molecule has 0 radical (unpaired) electrons. The first-order valence-corrected chi connectivity index (χ1v) is 4.76. The standard InChI is InChI=1S/C10H11N5O/c1-6-3-12-5-13-8(6)7-4-14-15-9(7)10(16)11-2/h3-5H,1-2H3,(H,11,16)(H,14,15). The first kappa shape index (κ1) is 10.3. The summed E-state index contributed by atoms with van der Waals surface area (Å²) in [5, 5.41) is 9.07. The van der Waals surface area contributed by atoms with Crippen LogP contribution in [-0.2, 0) is 0 Å². The molecule has 2 aromatic rings. The highest BCUT2D eigenvalue weighted by Gasteiger charge is 2.16. The van der Waals surface area contributed by atoms with Crippen LogP contribution in [0, 0.1) is 6.92 Å². The fraction of sp³-hybridized carbons (Fsp3) is 0.200. The maximum atomic E-state index is 11.6. The first-order chi connectivity index (χ1) is 7.74. The molecule has 0 aliphatic carbocycles. The van der Waals surface area contributed by atoms with Crippen molar-refractivity contribution in [1.29, 1.82) is 0 Å². The number of aryl methyl sites for hydroxylation is 1. The van der Waals surface area contributed by atoms with Crippen molar-refractivity contribution in [2.75, 3.05) is 7.05 Å². The van der Waals surface area contributed by atoms with Gasteiger partial charge in [0.1, 0.15) is 12.0 Å². The molecule has 0 aliphatic rings. The lowest BCUT2D eigenvalue weighted by Gasteiger charge is -2.03. The third kappa shape index (κ3) is 1.65. The predicted molar refractivity (Wildman–Crippen MR) is 57.7 cm³/mol. The predicted octanol–water partition coefficient (Wildman–Crippen LogP) is 0.535. The van der Waals surface area contributed by atoms with Crippen molar-refractivity contribution in [3.8, 4) is 11.3 Å². The van der Waals surface area contributed by atoms with Crippen LogP contribution in [-0.4, -0.2) is 33.1 Å². The lowest BCUT2D eigenvalue weighted by atomic mass is 10.1. The van der Waals surface area contributed by atoms with E-state index in [1.165, 1.54) is 6.33 Å². The fourth-order valence-electron chi connectivity index (χ4n) is 1.44. The van der Waals surface area contributed by atoms with E-state index in [4.69, 9.17) is 0 Å². The molecule has 0 saturated carbocycles. The lowest BCUT2D eigenvalue weighted by Crippen LogP contribution is -2.19. The van der Waals surface area contributed by atoms with Gasteiger partial charge in [0.25, 0.3) is 5.91 Å². The maximum absolute atomic E-state index is 11.6. The van der Waals surface area contributed by atoms with E-state index in [9.17, 15) is 4.79 Å². The van der Waals surface area contributed by atoms with Crippen LogP contribution in [0.3, 0.4) is 0 Å². The van der Waals surface area contributed by atoms with Gasteiger partial charge >= 0.3 is 0 Å². The van der Waals surface area contributed by atoms with Gasteiger partial charge in [0.05, 0.1) is 17.5 Å². The normalized spacial score (nSPS) is 10.1. The molecule has 2 rings (SSSR count). The molecule has 0 fully saturated rings. The molecule has 0 bridgehead atoms. The minimum Gasteiger partial charge on any atom is -0.354 e. The van der Waals surface area contributed by atoms with E-state index < -0.39 is 0 Å². The van der Waals surface area contributed by atoms with Gasteiger partial charge in [-0.2, -0.15) is 5.10 Å². The zero-order valence-electron chi connectivity index (χ0n) is 8.98. The Morgan fingerprint density at radius 2 is 2.25 bits per heavy atom. The first-order valence-electron chi connectivity index (χ1n) is 4.76. The second-order valence-corrected chi connectivity index (χ2v) is 3.29. The molecule has 2 aromatic heterocycles. The summed E-state index contributed by atoms with van der Waals surface area (Å²) in [6.45, 7) is 1.88. The molecule has 16 heavy (non-hydrogen) atoms. The van der Waals surface area contributed by atoms with Gasteiger partial charge in [0.15, 0.2) is 0 Å². The molecule has 2 N–H and O–H groups in total. The second-order valence-electron chi connectivity index (χ2n) is 3.29. The van der Waals surface area contributed by atoms with Crippen molar-refractivity contribution in [3.63, 3.8) is 0 Å². The van der Waals surface area contributed by atoms with E-state index in [1.54, 1.807) is 19.4 Å². The van der Waals surface area contributed by atoms with E-state index >= 15 is 0 Å². The van der Waals surface area contributed by atoms with Crippen LogP contribution >= 0.6 is 0 Å². The minimum absolute atomic E-state index is 0.217. The molecule has 0 spiro atoms. The largest absolute Gasteiger partial charge is 0.354 e. The van der Waals surface area contributed by atoms with Gasteiger partial charge in [-0.05, 0) is 12.5 Å². The topological polar surface area (TPSA) is 83.6 Å². The second kappa shape index (κ2) is 4.09. The Hall–Kier alpha value is -2.24. The van der Waals surface area contributed by atoms with Gasteiger partial charge in [0, 0.05) is 13.2 Å². The van der Waals surface area contributed by atoms with E-state index in [0.29, 0.717) is 17.0 Å². The van der Waals surface area contributed by atoms with Gasteiger partial charge in [-0.15, -0.1) is 0 Å². The van der Waals surface area contributed by atoms with E-state index in [1.807, 2.05) is 6.92 Å². The molecule has 82 valence electrons. The monoisotopic (exact) mass is 217 g/mol. The third-order valence-corrected chi connectivity index (χ3v) is 2.24. The van der Waals surface area contributed by atoms with Crippen LogP contribution in [0.5, 0.6) is 0 Å². The van der Waals surface area contributed by atoms with Crippen molar-refractivity contribution < 1.29 is 4.79 Å². The molecule has 0 saturated heterocycles. The molecule has 0 aliphatic heterocycles. The van der Waals surface area contributed by atoms with Gasteiger partial charge in [0.2, 0.25) is 0 Å². The SMILES string of the molecule is CNC(=O)c1[nH]ncc1-c1ncncc1C. The number of carbonyl (C=O) groups is 1. The number of hydrogen-bond donors (Lipinski definition) is 2. The van der Waals surface area contributed by atoms with E-state index in [2.05, 4.69) is 25.5 Å². The Morgan fingerprint density at radius 3 is 2.94 bits per heavy atom. The third-order valence-electron chi connectivity index (χ3n) is 2.24. The molecular formula is C10H11N5O. The highest BCUT2D eigenvalue weighted by Crippen LogP contribution is 2.21. The number of nitrogens with zero attached hydrogens (tertiary/aromatic N) is 3. The van der Waals surface area contributed by atoms with Crippen molar-refractivity contribution in [3.05, 3.63) is 30.0 Å². The lowest BCUT2D eigenvalue weighted by molar-refractivity contribution is 0.0959. The van der Waals surface area contributed by atoms with Crippen LogP contribution in [0.1, 0.15) is 16.1 Å². The molecule has 0 unspecified atom stereocenters. The molecular weight excluding hydrogens is 206 g/mol. The molecule has 2 heterocycles. The van der Waals surface area contributed by atoms with Crippen LogP contribution in [0.4, 0.5) is 0 Å². The Balaban J connectivity index is 2.53. The maximum Gasteiger partial charge on any atom is 0.269 e. The van der Waals surface area contributed by atoms with E-state index in [-0.39, 0.29) is 5.91 Å². The summed E-state index contributed by atoms with van der Waals surface area (Å²) >= 11 is 0. The summed E-state index contributed by atoms with van der Waals surface area (Å²) in [6, 6.07) is 0. The van der Waals surface area contributed by atoms with Gasteiger partial charge in [-0.1, -0.05) is 0 Å². The van der Waals surface area contributed by atoms with Crippen molar-refractivity contribution in [1.82, 2.24) is 25.5 Å². The summed E-state index contributed by atoms with van der Waals surface area (Å²) in [7, 11) is 1.57. The summed E-state index contributed by atoms with van der Waals surface area (Å²) in [6.07, 6.45) is 4.73. The Labute approximate surface area is 92.1 Å². The average Bonchev–Trinajstić information content (AvgIpc) is 2.77. The van der Waals surface area contributed by atoms with Crippen molar-refractivity contribution in [2.45, 2.75) is 6.92 Å². The number of H-pyrrole nitrogens is 1. The Bertz CT molecular complexity index is 519. The van der Waals surface area contributed by atoms with Gasteiger partial charge in [-0.25, -0.2) is 9.97 Å². The molecule has 0 atom stereocenters. The average molecular weight is 217 g/mol. The van der Waals surface area contributed by atoms with Crippen LogP contribution in [0.25, 0.3) is 11.3 Å². The van der Waals surface area contributed by atoms with Crippen molar-refractivity contribution >= 4 is 5.91 Å². The number of rotatable bonds is 2. The quantitative estimate of drug-likeness (QED) is 0.768. The minimum atomic E-state index is -0.217.